The number of hydrogen-bond donors (Lipinski definition) is 0. The number of amides is 3. The van der Waals surface area contributed by atoms with Gasteiger partial charge in [0.1, 0.15) is 0 Å². The van der Waals surface area contributed by atoms with Crippen molar-refractivity contribution < 1.29 is 14.4 Å². The molecule has 0 unspecified atom stereocenters. The predicted octanol–water partition coefficient (Wildman–Crippen LogP) is 3.55. The summed E-state index contributed by atoms with van der Waals surface area (Å²) in [5.74, 6) is -0.781. The lowest BCUT2D eigenvalue weighted by atomic mass is 9.82. The number of carbonyl (C=O) groups excluding carboxylic acids is 3. The molecule has 27 heavy (non-hydrogen) atoms. The Morgan fingerprint density at radius 1 is 1.00 bits per heavy atom. The lowest BCUT2D eigenvalue weighted by Gasteiger charge is -2.21. The number of anilines is 1. The third kappa shape index (κ3) is 3.31. The van der Waals surface area contributed by atoms with Gasteiger partial charge in [0.15, 0.2) is 0 Å². The summed E-state index contributed by atoms with van der Waals surface area (Å²) in [5, 5.41) is 0. The molecule has 5 heteroatoms. The summed E-state index contributed by atoms with van der Waals surface area (Å²) in [6, 6.07) is 7.01. The molecule has 142 valence electrons. The first-order chi connectivity index (χ1) is 13.1. The molecule has 0 N–H and O–H groups in total. The van der Waals surface area contributed by atoms with E-state index in [0.29, 0.717) is 24.1 Å². The first kappa shape index (κ1) is 18.0. The third-order valence-corrected chi connectivity index (χ3v) is 6.07. The molecule has 3 amide bonds. The third-order valence-electron chi connectivity index (χ3n) is 6.07. The first-order valence-corrected chi connectivity index (χ1v) is 9.99. The van der Waals surface area contributed by atoms with Gasteiger partial charge in [0.2, 0.25) is 11.8 Å². The summed E-state index contributed by atoms with van der Waals surface area (Å²) in [6.45, 7) is 3.57. The fraction of sp³-hybridized carbons (Fsp3) is 0.500. The molecule has 1 aromatic carbocycles. The lowest BCUT2D eigenvalue weighted by Crippen LogP contribution is -2.33. The van der Waals surface area contributed by atoms with Crippen LogP contribution in [0.1, 0.15) is 55.8 Å². The minimum absolute atomic E-state index is 0.00669. The maximum atomic E-state index is 12.9. The van der Waals surface area contributed by atoms with Crippen molar-refractivity contribution in [3.8, 4) is 0 Å². The van der Waals surface area contributed by atoms with Gasteiger partial charge in [-0.05, 0) is 50.8 Å². The van der Waals surface area contributed by atoms with E-state index in [0.717, 1.165) is 38.8 Å². The molecule has 2 aliphatic heterocycles. The van der Waals surface area contributed by atoms with Crippen molar-refractivity contribution in [1.82, 2.24) is 4.90 Å². The Balaban J connectivity index is 1.58. The van der Waals surface area contributed by atoms with Gasteiger partial charge in [-0.3, -0.25) is 19.3 Å². The molecule has 0 radical (unpaired) electrons. The molecule has 0 spiro atoms. The maximum absolute atomic E-state index is 12.9. The molecule has 0 bridgehead atoms. The average molecular weight is 366 g/mol. The van der Waals surface area contributed by atoms with Gasteiger partial charge >= 0.3 is 0 Å². The first-order valence-electron chi connectivity index (χ1n) is 9.99. The Labute approximate surface area is 160 Å². The zero-order valence-electron chi connectivity index (χ0n) is 15.8. The number of likely N-dealkylation sites (tertiary alicyclic amines) is 1. The molecule has 0 saturated carbocycles. The van der Waals surface area contributed by atoms with Gasteiger partial charge < -0.3 is 4.90 Å². The maximum Gasteiger partial charge on any atom is 0.253 e. The standard InChI is InChI=1S/C22H26N2O3/c1-15-9-10-18-19(13-15)22(27)24(21(18)26)17-8-6-7-16(14-17)20(25)23-11-4-2-3-5-12-23/h6-9,14,18-19H,2-5,10-13H2,1H3/t18-,19+/m1/s1. The molecule has 2 atom stereocenters. The van der Waals surface area contributed by atoms with E-state index in [1.165, 1.54) is 10.5 Å². The van der Waals surface area contributed by atoms with Crippen molar-refractivity contribution >= 4 is 23.4 Å². The van der Waals surface area contributed by atoms with Gasteiger partial charge in [-0.1, -0.05) is 30.6 Å². The Hall–Kier alpha value is -2.43. The molecule has 5 nitrogen and oxygen atoms in total. The molecule has 3 aliphatic rings. The monoisotopic (exact) mass is 366 g/mol. The van der Waals surface area contributed by atoms with Crippen LogP contribution < -0.4 is 4.90 Å². The SMILES string of the molecule is CC1=CC[C@H]2C(=O)N(c3cccc(C(=O)N4CCCCCC4)c3)C(=O)[C@H]2C1. The van der Waals surface area contributed by atoms with E-state index in [2.05, 4.69) is 6.08 Å². The van der Waals surface area contributed by atoms with E-state index in [1.807, 2.05) is 11.8 Å². The van der Waals surface area contributed by atoms with Crippen LogP contribution in [0.3, 0.4) is 0 Å². The molecule has 1 aromatic rings. The molecule has 2 saturated heterocycles. The number of imide groups is 1. The average Bonchev–Trinajstić information content (AvgIpc) is 2.87. The Kier molecular flexibility index (Phi) is 4.85. The van der Waals surface area contributed by atoms with Gasteiger partial charge in [0, 0.05) is 18.7 Å². The van der Waals surface area contributed by atoms with Crippen LogP contribution in [0.5, 0.6) is 0 Å². The highest BCUT2D eigenvalue weighted by Gasteiger charge is 2.48. The predicted molar refractivity (Wildman–Crippen MR) is 103 cm³/mol. The largest absolute Gasteiger partial charge is 0.339 e. The summed E-state index contributed by atoms with van der Waals surface area (Å²) in [5.41, 5.74) is 2.25. The number of fused-ring (bicyclic) bond motifs is 1. The van der Waals surface area contributed by atoms with E-state index in [4.69, 9.17) is 0 Å². The van der Waals surface area contributed by atoms with Crippen LogP contribution in [0, 0.1) is 11.8 Å². The van der Waals surface area contributed by atoms with Crippen LogP contribution in [0.25, 0.3) is 0 Å². The normalized spacial score (nSPS) is 25.9. The van der Waals surface area contributed by atoms with E-state index >= 15 is 0 Å². The Morgan fingerprint density at radius 3 is 2.44 bits per heavy atom. The van der Waals surface area contributed by atoms with Crippen LogP contribution in [0.4, 0.5) is 5.69 Å². The van der Waals surface area contributed by atoms with Crippen LogP contribution in [-0.2, 0) is 9.59 Å². The van der Waals surface area contributed by atoms with E-state index in [-0.39, 0.29) is 29.6 Å². The fourth-order valence-corrected chi connectivity index (χ4v) is 4.53. The highest BCUT2D eigenvalue weighted by Crippen LogP contribution is 2.39. The van der Waals surface area contributed by atoms with Gasteiger partial charge in [-0.2, -0.15) is 0 Å². The summed E-state index contributed by atoms with van der Waals surface area (Å²) < 4.78 is 0. The van der Waals surface area contributed by atoms with Crippen LogP contribution >= 0.6 is 0 Å². The summed E-state index contributed by atoms with van der Waals surface area (Å²) in [7, 11) is 0. The van der Waals surface area contributed by atoms with E-state index < -0.39 is 0 Å². The van der Waals surface area contributed by atoms with Gasteiger partial charge in [0.25, 0.3) is 5.91 Å². The zero-order valence-corrected chi connectivity index (χ0v) is 15.8. The van der Waals surface area contributed by atoms with Crippen molar-refractivity contribution in [3.05, 3.63) is 41.5 Å². The van der Waals surface area contributed by atoms with Gasteiger partial charge in [0.05, 0.1) is 17.5 Å². The van der Waals surface area contributed by atoms with E-state index in [9.17, 15) is 14.4 Å². The number of allylic oxidation sites excluding steroid dienone is 2. The van der Waals surface area contributed by atoms with Gasteiger partial charge in [-0.25, -0.2) is 0 Å². The molecule has 0 aromatic heterocycles. The Morgan fingerprint density at radius 2 is 1.70 bits per heavy atom. The zero-order chi connectivity index (χ0) is 19.0. The number of carbonyl (C=O) groups is 3. The fourth-order valence-electron chi connectivity index (χ4n) is 4.53. The summed E-state index contributed by atoms with van der Waals surface area (Å²) >= 11 is 0. The molecule has 2 fully saturated rings. The summed E-state index contributed by atoms with van der Waals surface area (Å²) in [4.78, 5) is 41.9. The lowest BCUT2D eigenvalue weighted by molar-refractivity contribution is -0.122. The topological polar surface area (TPSA) is 57.7 Å². The number of benzene rings is 1. The van der Waals surface area contributed by atoms with Crippen molar-refractivity contribution in [2.45, 2.75) is 45.4 Å². The van der Waals surface area contributed by atoms with Crippen molar-refractivity contribution in [2.75, 3.05) is 18.0 Å². The number of hydrogen-bond acceptors (Lipinski definition) is 3. The molecule has 1 aliphatic carbocycles. The minimum Gasteiger partial charge on any atom is -0.339 e. The highest BCUT2D eigenvalue weighted by atomic mass is 16.2. The molecule has 4 rings (SSSR count). The minimum atomic E-state index is -0.258. The van der Waals surface area contributed by atoms with Crippen LogP contribution in [-0.4, -0.2) is 35.7 Å². The van der Waals surface area contributed by atoms with Crippen molar-refractivity contribution in [2.24, 2.45) is 11.8 Å². The summed E-state index contributed by atoms with van der Waals surface area (Å²) in [6.07, 6.45) is 7.74. The van der Waals surface area contributed by atoms with Crippen molar-refractivity contribution in [3.63, 3.8) is 0 Å². The molecular weight excluding hydrogens is 340 g/mol. The molecular formula is C22H26N2O3. The molecule has 2 heterocycles. The number of nitrogens with zero attached hydrogens (tertiary/aromatic N) is 2. The second-order valence-corrected chi connectivity index (χ2v) is 7.97. The van der Waals surface area contributed by atoms with E-state index in [1.54, 1.807) is 24.3 Å². The smallest absolute Gasteiger partial charge is 0.253 e. The quantitative estimate of drug-likeness (QED) is 0.594. The van der Waals surface area contributed by atoms with Gasteiger partial charge in [-0.15, -0.1) is 0 Å². The van der Waals surface area contributed by atoms with Crippen LogP contribution in [0.2, 0.25) is 0 Å². The van der Waals surface area contributed by atoms with Crippen molar-refractivity contribution in [1.29, 1.82) is 0 Å². The Bertz CT molecular complexity index is 806. The van der Waals surface area contributed by atoms with Crippen LogP contribution in [0.15, 0.2) is 35.9 Å². The highest BCUT2D eigenvalue weighted by molar-refractivity contribution is 6.22. The second-order valence-electron chi connectivity index (χ2n) is 7.97. The second kappa shape index (κ2) is 7.29. The number of rotatable bonds is 2.